The number of pyridine rings is 2. The van der Waals surface area contributed by atoms with Gasteiger partial charge >= 0.3 is 0 Å². The van der Waals surface area contributed by atoms with Gasteiger partial charge in [-0.1, -0.05) is 18.5 Å². The van der Waals surface area contributed by atoms with Crippen molar-refractivity contribution in [2.45, 2.75) is 19.9 Å². The number of ether oxygens (including phenoxy) is 1. The van der Waals surface area contributed by atoms with Crippen LogP contribution in [0.25, 0.3) is 0 Å². The van der Waals surface area contributed by atoms with Gasteiger partial charge in [0.05, 0.1) is 16.9 Å². The molecular weight excluding hydrogens is 342 g/mol. The van der Waals surface area contributed by atoms with E-state index in [1.54, 1.807) is 24.5 Å². The van der Waals surface area contributed by atoms with Crippen LogP contribution in [0.2, 0.25) is 5.02 Å². The first-order valence-electron chi connectivity index (χ1n) is 6.33. The summed E-state index contributed by atoms with van der Waals surface area (Å²) in [6, 6.07) is 5.36. The zero-order valence-corrected chi connectivity index (χ0v) is 13.4. The summed E-state index contributed by atoms with van der Waals surface area (Å²) >= 11 is 9.48. The molecular formula is C14H15BrClN3O. The molecule has 0 radical (unpaired) electrons. The Balaban J connectivity index is 2.10. The van der Waals surface area contributed by atoms with Gasteiger partial charge in [-0.15, -0.1) is 0 Å². The second-order valence-corrected chi connectivity index (χ2v) is 5.52. The number of halogens is 2. The maximum absolute atomic E-state index is 6.13. The average molecular weight is 357 g/mol. The largest absolute Gasteiger partial charge is 0.437 e. The molecule has 0 amide bonds. The number of nitrogens with one attached hydrogen (secondary N) is 1. The molecule has 2 aromatic rings. The summed E-state index contributed by atoms with van der Waals surface area (Å²) in [6.45, 7) is 3.67. The topological polar surface area (TPSA) is 47.0 Å². The summed E-state index contributed by atoms with van der Waals surface area (Å²) in [7, 11) is 0. The van der Waals surface area contributed by atoms with E-state index >= 15 is 0 Å². The van der Waals surface area contributed by atoms with Crippen LogP contribution in [0, 0.1) is 0 Å². The van der Waals surface area contributed by atoms with Crippen molar-refractivity contribution in [1.29, 1.82) is 0 Å². The average Bonchev–Trinajstić information content (AvgIpc) is 2.42. The van der Waals surface area contributed by atoms with Crippen LogP contribution >= 0.6 is 27.5 Å². The van der Waals surface area contributed by atoms with Gasteiger partial charge in [0, 0.05) is 23.3 Å². The Kier molecular flexibility index (Phi) is 5.76. The summed E-state index contributed by atoms with van der Waals surface area (Å²) in [4.78, 5) is 8.45. The Labute approximate surface area is 131 Å². The van der Waals surface area contributed by atoms with Crippen LogP contribution in [0.3, 0.4) is 0 Å². The van der Waals surface area contributed by atoms with Crippen molar-refractivity contribution >= 4 is 27.5 Å². The van der Waals surface area contributed by atoms with E-state index in [1.165, 1.54) is 0 Å². The van der Waals surface area contributed by atoms with Gasteiger partial charge in [0.2, 0.25) is 5.88 Å². The SMILES string of the molecule is CCCNCc1nc(Oc2cncc(Br)c2)ccc1Cl. The molecule has 0 spiro atoms. The van der Waals surface area contributed by atoms with E-state index in [-0.39, 0.29) is 0 Å². The van der Waals surface area contributed by atoms with Crippen molar-refractivity contribution < 1.29 is 4.74 Å². The van der Waals surface area contributed by atoms with Crippen LogP contribution in [0.1, 0.15) is 19.0 Å². The molecule has 2 rings (SSSR count). The predicted octanol–water partition coefficient (Wildman–Crippen LogP) is 4.18. The van der Waals surface area contributed by atoms with E-state index in [1.807, 2.05) is 6.07 Å². The minimum Gasteiger partial charge on any atom is -0.437 e. The number of hydrogen-bond donors (Lipinski definition) is 1. The molecule has 0 unspecified atom stereocenters. The van der Waals surface area contributed by atoms with Gasteiger partial charge in [0.25, 0.3) is 0 Å². The Hall–Kier alpha value is -1.17. The molecule has 106 valence electrons. The van der Waals surface area contributed by atoms with Crippen molar-refractivity contribution in [3.63, 3.8) is 0 Å². The second-order valence-electron chi connectivity index (χ2n) is 4.20. The molecule has 0 aliphatic heterocycles. The van der Waals surface area contributed by atoms with Gasteiger partial charge in [-0.2, -0.15) is 0 Å². The van der Waals surface area contributed by atoms with Gasteiger partial charge in [-0.25, -0.2) is 4.98 Å². The molecule has 0 aliphatic carbocycles. The van der Waals surface area contributed by atoms with Gasteiger partial charge < -0.3 is 10.1 Å². The lowest BCUT2D eigenvalue weighted by Gasteiger charge is -2.09. The van der Waals surface area contributed by atoms with Gasteiger partial charge in [0.15, 0.2) is 0 Å². The third-order valence-corrected chi connectivity index (χ3v) is 3.29. The fourth-order valence-electron chi connectivity index (χ4n) is 1.60. The number of nitrogens with zero attached hydrogens (tertiary/aromatic N) is 2. The van der Waals surface area contributed by atoms with Crippen LogP contribution < -0.4 is 10.1 Å². The molecule has 0 saturated heterocycles. The standard InChI is InChI=1S/C14H15BrClN3O/c1-2-5-17-9-13-12(16)3-4-14(19-13)20-11-6-10(15)7-18-8-11/h3-4,6-8,17H,2,5,9H2,1H3. The predicted molar refractivity (Wildman–Crippen MR) is 83.3 cm³/mol. The summed E-state index contributed by atoms with van der Waals surface area (Å²) in [5.41, 5.74) is 0.778. The van der Waals surface area contributed by atoms with E-state index in [4.69, 9.17) is 16.3 Å². The molecule has 1 N–H and O–H groups in total. The van der Waals surface area contributed by atoms with E-state index in [9.17, 15) is 0 Å². The quantitative estimate of drug-likeness (QED) is 0.789. The van der Waals surface area contributed by atoms with Crippen molar-refractivity contribution in [1.82, 2.24) is 15.3 Å². The second kappa shape index (κ2) is 7.57. The maximum atomic E-state index is 6.13. The molecule has 4 nitrogen and oxygen atoms in total. The highest BCUT2D eigenvalue weighted by atomic mass is 79.9. The highest BCUT2D eigenvalue weighted by molar-refractivity contribution is 9.10. The number of aromatic nitrogens is 2. The third kappa shape index (κ3) is 4.44. The Morgan fingerprint density at radius 3 is 2.95 bits per heavy atom. The molecule has 2 heterocycles. The molecule has 20 heavy (non-hydrogen) atoms. The van der Waals surface area contributed by atoms with Crippen molar-refractivity contribution in [2.75, 3.05) is 6.54 Å². The minimum atomic E-state index is 0.502. The highest BCUT2D eigenvalue weighted by Crippen LogP contribution is 2.24. The lowest BCUT2D eigenvalue weighted by Crippen LogP contribution is -2.15. The van der Waals surface area contributed by atoms with E-state index in [0.717, 1.165) is 23.1 Å². The summed E-state index contributed by atoms with van der Waals surface area (Å²) in [6.07, 6.45) is 4.40. The smallest absolute Gasteiger partial charge is 0.219 e. The minimum absolute atomic E-state index is 0.502. The Morgan fingerprint density at radius 2 is 2.20 bits per heavy atom. The molecule has 0 atom stereocenters. The van der Waals surface area contributed by atoms with Crippen LogP contribution in [0.5, 0.6) is 11.6 Å². The monoisotopic (exact) mass is 355 g/mol. The molecule has 0 fully saturated rings. The van der Waals surface area contributed by atoms with E-state index in [2.05, 4.69) is 38.1 Å². The van der Waals surface area contributed by atoms with Crippen molar-refractivity contribution in [3.05, 3.63) is 45.8 Å². The van der Waals surface area contributed by atoms with E-state index in [0.29, 0.717) is 23.2 Å². The fraction of sp³-hybridized carbons (Fsp3) is 0.286. The lowest BCUT2D eigenvalue weighted by molar-refractivity contribution is 0.457. The molecule has 0 aliphatic rings. The third-order valence-electron chi connectivity index (χ3n) is 2.51. The first-order chi connectivity index (χ1) is 9.69. The van der Waals surface area contributed by atoms with Crippen LogP contribution in [0.15, 0.2) is 35.1 Å². The number of rotatable bonds is 6. The summed E-state index contributed by atoms with van der Waals surface area (Å²) in [5, 5.41) is 3.90. The Morgan fingerprint density at radius 1 is 1.35 bits per heavy atom. The first-order valence-corrected chi connectivity index (χ1v) is 7.50. The maximum Gasteiger partial charge on any atom is 0.219 e. The van der Waals surface area contributed by atoms with Gasteiger partial charge in [-0.3, -0.25) is 4.98 Å². The first kappa shape index (κ1) is 15.2. The van der Waals surface area contributed by atoms with E-state index < -0.39 is 0 Å². The molecule has 6 heteroatoms. The zero-order chi connectivity index (χ0) is 14.4. The lowest BCUT2D eigenvalue weighted by atomic mass is 10.3. The van der Waals surface area contributed by atoms with Crippen LogP contribution in [-0.2, 0) is 6.54 Å². The molecule has 0 saturated carbocycles. The van der Waals surface area contributed by atoms with Crippen LogP contribution in [-0.4, -0.2) is 16.5 Å². The van der Waals surface area contributed by atoms with Gasteiger partial charge in [0.1, 0.15) is 5.75 Å². The number of hydrogen-bond acceptors (Lipinski definition) is 4. The normalized spacial score (nSPS) is 10.6. The Bertz CT molecular complexity index is 580. The summed E-state index contributed by atoms with van der Waals surface area (Å²) < 4.78 is 6.53. The highest BCUT2D eigenvalue weighted by Gasteiger charge is 2.06. The van der Waals surface area contributed by atoms with Crippen molar-refractivity contribution in [3.8, 4) is 11.6 Å². The fourth-order valence-corrected chi connectivity index (χ4v) is 2.11. The molecule has 0 aromatic carbocycles. The summed E-state index contributed by atoms with van der Waals surface area (Å²) in [5.74, 6) is 1.13. The molecule has 0 bridgehead atoms. The van der Waals surface area contributed by atoms with Crippen LogP contribution in [0.4, 0.5) is 0 Å². The van der Waals surface area contributed by atoms with Gasteiger partial charge in [-0.05, 0) is 41.0 Å². The van der Waals surface area contributed by atoms with Crippen molar-refractivity contribution in [2.24, 2.45) is 0 Å². The zero-order valence-electron chi connectivity index (χ0n) is 11.1. The molecule has 2 aromatic heterocycles.